The van der Waals surface area contributed by atoms with Crippen molar-refractivity contribution >= 4 is 23.6 Å². The fourth-order valence-corrected chi connectivity index (χ4v) is 3.72. The van der Waals surface area contributed by atoms with E-state index in [2.05, 4.69) is 5.32 Å². The van der Waals surface area contributed by atoms with E-state index >= 15 is 0 Å². The lowest BCUT2D eigenvalue weighted by Crippen LogP contribution is -2.48. The second-order valence-electron chi connectivity index (χ2n) is 6.60. The number of hydrogen-bond donors (Lipinski definition) is 1. The van der Waals surface area contributed by atoms with Gasteiger partial charge in [-0.15, -0.1) is 11.8 Å². The van der Waals surface area contributed by atoms with Crippen molar-refractivity contribution in [2.45, 2.75) is 39.1 Å². The van der Waals surface area contributed by atoms with Crippen molar-refractivity contribution in [3.8, 4) is 0 Å². The highest BCUT2D eigenvalue weighted by Gasteiger charge is 2.26. The van der Waals surface area contributed by atoms with Crippen molar-refractivity contribution in [1.29, 1.82) is 0 Å². The lowest BCUT2D eigenvalue weighted by molar-refractivity contribution is -0.138. The molecule has 1 atom stereocenters. The zero-order valence-electron chi connectivity index (χ0n) is 16.6. The average Bonchev–Trinajstić information content (AvgIpc) is 2.68. The molecule has 0 saturated heterocycles. The summed E-state index contributed by atoms with van der Waals surface area (Å²) in [4.78, 5) is 26.9. The van der Waals surface area contributed by atoms with Gasteiger partial charge in [0.15, 0.2) is 0 Å². The first-order chi connectivity index (χ1) is 13.4. The number of aryl methyl sites for hydroxylation is 1. The highest BCUT2D eigenvalue weighted by atomic mass is 32.2. The first kappa shape index (κ1) is 22.0. The van der Waals surface area contributed by atoms with Gasteiger partial charge < -0.3 is 10.2 Å². The number of nitrogens with zero attached hydrogens (tertiary/aromatic N) is 1. The lowest BCUT2D eigenvalue weighted by Gasteiger charge is -2.29. The molecule has 6 heteroatoms. The summed E-state index contributed by atoms with van der Waals surface area (Å²) in [5.74, 6) is 0.0117. The van der Waals surface area contributed by atoms with E-state index in [4.69, 9.17) is 0 Å². The summed E-state index contributed by atoms with van der Waals surface area (Å²) in [7, 11) is 0. The fraction of sp³-hybridized carbons (Fsp3) is 0.364. The summed E-state index contributed by atoms with van der Waals surface area (Å²) in [5, 5.41) is 2.78. The normalized spacial score (nSPS) is 11.7. The van der Waals surface area contributed by atoms with E-state index < -0.39 is 6.04 Å². The summed E-state index contributed by atoms with van der Waals surface area (Å²) in [6.07, 6.45) is 0. The molecule has 0 unspecified atom stereocenters. The molecule has 0 heterocycles. The van der Waals surface area contributed by atoms with E-state index in [1.807, 2.05) is 38.1 Å². The molecule has 150 valence electrons. The van der Waals surface area contributed by atoms with Gasteiger partial charge in [-0.1, -0.05) is 42.5 Å². The largest absolute Gasteiger partial charge is 0.355 e. The summed E-state index contributed by atoms with van der Waals surface area (Å²) >= 11 is 1.35. The number of carbonyl (C=O) groups is 2. The zero-order valence-corrected chi connectivity index (χ0v) is 17.4. The molecule has 2 aromatic carbocycles. The van der Waals surface area contributed by atoms with E-state index in [0.717, 1.165) is 11.1 Å². The summed E-state index contributed by atoms with van der Waals surface area (Å²) in [6, 6.07) is 13.8. The summed E-state index contributed by atoms with van der Waals surface area (Å²) < 4.78 is 13.8. The molecular formula is C22H27FN2O2S. The van der Waals surface area contributed by atoms with Crippen molar-refractivity contribution in [2.24, 2.45) is 0 Å². The van der Waals surface area contributed by atoms with Gasteiger partial charge in [0.2, 0.25) is 11.8 Å². The Bertz CT molecular complexity index is 813. The lowest BCUT2D eigenvalue weighted by atomic mass is 10.1. The highest BCUT2D eigenvalue weighted by molar-refractivity contribution is 7.99. The molecule has 2 amide bonds. The van der Waals surface area contributed by atoms with E-state index in [9.17, 15) is 14.0 Å². The van der Waals surface area contributed by atoms with Crippen LogP contribution in [0.5, 0.6) is 0 Å². The number of carbonyl (C=O) groups excluding carboxylic acids is 2. The number of likely N-dealkylation sites (N-methyl/N-ethyl adjacent to an activating group) is 1. The maximum Gasteiger partial charge on any atom is 0.242 e. The predicted octanol–water partition coefficient (Wildman–Crippen LogP) is 3.92. The standard InChI is InChI=1S/C22H27FN2O2S/c1-4-24-22(27)17(3)25(13-18-10-6-5-9-16(18)2)21(26)15-28-14-19-11-7-8-12-20(19)23/h5-12,17H,4,13-15H2,1-3H3,(H,24,27)/t17-/m1/s1. The molecule has 0 radical (unpaired) electrons. The molecule has 1 N–H and O–H groups in total. The van der Waals surface area contributed by atoms with E-state index in [1.165, 1.54) is 17.8 Å². The Labute approximate surface area is 170 Å². The van der Waals surface area contributed by atoms with Crippen LogP contribution in [0.15, 0.2) is 48.5 Å². The van der Waals surface area contributed by atoms with Gasteiger partial charge in [0.25, 0.3) is 0 Å². The second kappa shape index (κ2) is 10.9. The molecule has 4 nitrogen and oxygen atoms in total. The highest BCUT2D eigenvalue weighted by Crippen LogP contribution is 2.18. The third-order valence-corrected chi connectivity index (χ3v) is 5.53. The number of benzene rings is 2. The van der Waals surface area contributed by atoms with Gasteiger partial charge in [-0.25, -0.2) is 4.39 Å². The number of halogens is 1. The van der Waals surface area contributed by atoms with Crippen molar-refractivity contribution in [3.63, 3.8) is 0 Å². The fourth-order valence-electron chi connectivity index (χ4n) is 2.82. The minimum Gasteiger partial charge on any atom is -0.355 e. The minimum absolute atomic E-state index is 0.136. The molecule has 0 bridgehead atoms. The number of amides is 2. The Morgan fingerprint density at radius 1 is 1.11 bits per heavy atom. The van der Waals surface area contributed by atoms with Crippen LogP contribution in [0.4, 0.5) is 4.39 Å². The van der Waals surface area contributed by atoms with Gasteiger partial charge in [-0.3, -0.25) is 9.59 Å². The van der Waals surface area contributed by atoms with Crippen LogP contribution < -0.4 is 5.32 Å². The van der Waals surface area contributed by atoms with Crippen molar-refractivity contribution in [2.75, 3.05) is 12.3 Å². The first-order valence-electron chi connectivity index (χ1n) is 9.36. The van der Waals surface area contributed by atoms with Crippen LogP contribution in [0, 0.1) is 12.7 Å². The molecule has 0 saturated carbocycles. The van der Waals surface area contributed by atoms with Crippen LogP contribution in [0.2, 0.25) is 0 Å². The Morgan fingerprint density at radius 3 is 2.39 bits per heavy atom. The molecule has 2 aromatic rings. The minimum atomic E-state index is -0.582. The van der Waals surface area contributed by atoms with Crippen molar-refractivity contribution < 1.29 is 14.0 Å². The second-order valence-corrected chi connectivity index (χ2v) is 7.59. The van der Waals surface area contributed by atoms with Crippen LogP contribution in [-0.2, 0) is 21.9 Å². The van der Waals surface area contributed by atoms with E-state index in [0.29, 0.717) is 24.4 Å². The summed E-state index contributed by atoms with van der Waals surface area (Å²) in [5.41, 5.74) is 2.65. The maximum atomic E-state index is 13.8. The van der Waals surface area contributed by atoms with Gasteiger partial charge >= 0.3 is 0 Å². The molecular weight excluding hydrogens is 375 g/mol. The van der Waals surface area contributed by atoms with Crippen molar-refractivity contribution in [3.05, 3.63) is 71.0 Å². The molecule has 28 heavy (non-hydrogen) atoms. The van der Waals surface area contributed by atoms with Gasteiger partial charge in [0.05, 0.1) is 5.75 Å². The quantitative estimate of drug-likeness (QED) is 0.692. The Balaban J connectivity index is 2.08. The number of thioether (sulfide) groups is 1. The third-order valence-electron chi connectivity index (χ3n) is 4.56. The van der Waals surface area contributed by atoms with Crippen LogP contribution in [0.25, 0.3) is 0 Å². The van der Waals surface area contributed by atoms with Crippen LogP contribution in [0.3, 0.4) is 0 Å². The van der Waals surface area contributed by atoms with Gasteiger partial charge in [-0.05, 0) is 43.5 Å². The molecule has 0 aromatic heterocycles. The third kappa shape index (κ3) is 6.09. The number of hydrogen-bond acceptors (Lipinski definition) is 3. The molecule has 0 aliphatic rings. The Morgan fingerprint density at radius 2 is 1.75 bits per heavy atom. The van der Waals surface area contributed by atoms with Gasteiger partial charge in [-0.2, -0.15) is 0 Å². The topological polar surface area (TPSA) is 49.4 Å². The SMILES string of the molecule is CCNC(=O)[C@@H](C)N(Cc1ccccc1C)C(=O)CSCc1ccccc1F. The Hall–Kier alpha value is -2.34. The Kier molecular flexibility index (Phi) is 8.51. The number of nitrogens with one attached hydrogen (secondary N) is 1. The van der Waals surface area contributed by atoms with E-state index in [-0.39, 0.29) is 23.4 Å². The van der Waals surface area contributed by atoms with Crippen molar-refractivity contribution in [1.82, 2.24) is 10.2 Å². The summed E-state index contributed by atoms with van der Waals surface area (Å²) in [6.45, 7) is 6.45. The van der Waals surface area contributed by atoms with Gasteiger partial charge in [0.1, 0.15) is 11.9 Å². The van der Waals surface area contributed by atoms with Crippen LogP contribution in [0.1, 0.15) is 30.5 Å². The molecule has 0 fully saturated rings. The monoisotopic (exact) mass is 402 g/mol. The maximum absolute atomic E-state index is 13.8. The van der Waals surface area contributed by atoms with Crippen LogP contribution >= 0.6 is 11.8 Å². The molecule has 2 rings (SSSR count). The number of rotatable bonds is 9. The first-order valence-corrected chi connectivity index (χ1v) is 10.5. The molecule has 0 aliphatic carbocycles. The average molecular weight is 403 g/mol. The van der Waals surface area contributed by atoms with E-state index in [1.54, 1.807) is 30.0 Å². The zero-order chi connectivity index (χ0) is 20.5. The van der Waals surface area contributed by atoms with Crippen LogP contribution in [-0.4, -0.2) is 35.1 Å². The van der Waals surface area contributed by atoms with Gasteiger partial charge in [0, 0.05) is 18.8 Å². The molecule has 0 aliphatic heterocycles. The predicted molar refractivity (Wildman–Crippen MR) is 112 cm³/mol. The smallest absolute Gasteiger partial charge is 0.242 e. The molecule has 0 spiro atoms.